The molecule has 496 valence electrons. The molecule has 0 bridgehead atoms. The fourth-order valence-corrected chi connectivity index (χ4v) is 10.1. The summed E-state index contributed by atoms with van der Waals surface area (Å²) >= 11 is 0. The van der Waals surface area contributed by atoms with Crippen LogP contribution in [0.4, 0.5) is 0 Å². The summed E-state index contributed by atoms with van der Waals surface area (Å²) in [6.07, 6.45) is 16.5. The van der Waals surface area contributed by atoms with E-state index in [1.54, 1.807) is 20.0 Å². The van der Waals surface area contributed by atoms with Crippen molar-refractivity contribution in [2.75, 3.05) is 26.2 Å². The van der Waals surface area contributed by atoms with Crippen LogP contribution in [-0.2, 0) is 60.8 Å². The lowest BCUT2D eigenvalue weighted by molar-refractivity contribution is -0.141. The molecule has 1 aromatic heterocycles. The number of phenols is 1. The lowest BCUT2D eigenvalue weighted by Crippen LogP contribution is -2.60. The third kappa shape index (κ3) is 28.6. The number of nitrogens with one attached hydrogen (secondary N) is 10. The number of nitrogens with two attached hydrogens (primary N) is 3. The number of hydrogen-bond acceptors (Lipinski definition) is 14. The maximum atomic E-state index is 14.4. The summed E-state index contributed by atoms with van der Waals surface area (Å²) in [7, 11) is 0. The lowest BCUT2D eigenvalue weighted by atomic mass is 9.97. The maximum absolute atomic E-state index is 14.4. The predicted octanol–water partition coefficient (Wildman–Crippen LogP) is 3.13. The number of phenolic OH excluding ortho intramolecular Hbond substituents is 1. The van der Waals surface area contributed by atoms with Gasteiger partial charge in [-0.05, 0) is 120 Å². The van der Waals surface area contributed by atoms with Gasteiger partial charge in [0, 0.05) is 36.4 Å². The fourth-order valence-electron chi connectivity index (χ4n) is 10.1. The van der Waals surface area contributed by atoms with E-state index in [9.17, 15) is 58.2 Å². The molecule has 25 heteroatoms. The van der Waals surface area contributed by atoms with Gasteiger partial charge in [0.1, 0.15) is 54.1 Å². The Balaban J connectivity index is 1.73. The molecule has 25 nitrogen and oxygen atoms in total. The van der Waals surface area contributed by atoms with Crippen LogP contribution in [0.15, 0.2) is 54.7 Å². The molecule has 0 unspecified atom stereocenters. The number of aromatic nitrogens is 1. The Bertz CT molecular complexity index is 2690. The summed E-state index contributed by atoms with van der Waals surface area (Å²) in [5, 5.41) is 44.1. The largest absolute Gasteiger partial charge is 0.508 e. The van der Waals surface area contributed by atoms with E-state index >= 15 is 0 Å². The molecule has 1 heterocycles. The van der Waals surface area contributed by atoms with Gasteiger partial charge in [0.25, 0.3) is 0 Å². The second kappa shape index (κ2) is 42.3. The van der Waals surface area contributed by atoms with Crippen LogP contribution in [0.5, 0.6) is 5.75 Å². The highest BCUT2D eigenvalue weighted by Gasteiger charge is 2.35. The zero-order valence-electron chi connectivity index (χ0n) is 53.0. The molecule has 0 spiro atoms. The molecule has 18 N–H and O–H groups in total. The number of unbranched alkanes of at least 4 members (excludes halogenated alkanes) is 12. The van der Waals surface area contributed by atoms with E-state index in [-0.39, 0.29) is 69.8 Å². The zero-order valence-corrected chi connectivity index (χ0v) is 53.0. The van der Waals surface area contributed by atoms with Crippen molar-refractivity contribution in [2.45, 2.75) is 224 Å². The lowest BCUT2D eigenvalue weighted by Gasteiger charge is -2.28. The highest BCUT2D eigenvalue weighted by Crippen LogP contribution is 2.20. The van der Waals surface area contributed by atoms with Crippen LogP contribution in [0, 0.1) is 5.92 Å². The first-order valence-electron chi connectivity index (χ1n) is 32.0. The van der Waals surface area contributed by atoms with E-state index in [0.29, 0.717) is 44.1 Å². The number of carbonyl (C=O) groups excluding carboxylic acids is 9. The molecule has 0 aliphatic rings. The Kier molecular flexibility index (Phi) is 36.0. The Labute approximate surface area is 524 Å². The number of carboxylic acids is 1. The molecule has 9 atom stereocenters. The van der Waals surface area contributed by atoms with E-state index in [2.05, 4.69) is 59.8 Å². The standard InChI is InChI=1S/C64H103N13O12/c1-6-8-9-10-11-12-13-14-15-16-17-28-54(79)72-53(38-45-39-68-48-25-19-18-24-47(45)48)61(85)70-42(4)57(81)69-40-55(80)77-56(41(3)7-2)63(87)75-50(27-21-23-35-66)59(83)73-49(26-20-22-34-65)60(84)76-52(37-44-29-31-46(78)32-30-44)62(86)74-51(33-36-67)58(82)71-43(5)64(88)89/h18-19,24-25,29-32,39,41-43,49-53,56,68,78H,6-17,20-23,26-28,33-38,40,65-67H2,1-5H3,(H,69,81)(H,70,85)(H,71,82)(H,72,79)(H,73,83)(H,74,86)(H,75,87)(H,76,84)(H,77,80)(H,88,89)/t41-,42-,43-,49-,50-,51-,52-,53-,56-/m0/s1. The minimum atomic E-state index is -1.39. The fraction of sp³-hybridized carbons (Fsp3) is 0.625. The van der Waals surface area contributed by atoms with Gasteiger partial charge in [0.05, 0.1) is 6.54 Å². The Morgan fingerprint density at radius 2 is 0.978 bits per heavy atom. The number of fused-ring (bicyclic) bond motifs is 1. The Morgan fingerprint density at radius 3 is 1.54 bits per heavy atom. The van der Waals surface area contributed by atoms with E-state index in [0.717, 1.165) is 35.7 Å². The van der Waals surface area contributed by atoms with Gasteiger partial charge in [-0.3, -0.25) is 47.9 Å². The van der Waals surface area contributed by atoms with Gasteiger partial charge in [0.2, 0.25) is 53.2 Å². The van der Waals surface area contributed by atoms with Gasteiger partial charge in [-0.25, -0.2) is 0 Å². The minimum absolute atomic E-state index is 0.0400. The van der Waals surface area contributed by atoms with Crippen molar-refractivity contribution in [2.24, 2.45) is 23.1 Å². The molecule has 0 aliphatic carbocycles. The first kappa shape index (κ1) is 75.6. The highest BCUT2D eigenvalue weighted by atomic mass is 16.4. The Hall–Kier alpha value is -7.64. The average Bonchev–Trinajstić information content (AvgIpc) is 3.42. The second-order valence-corrected chi connectivity index (χ2v) is 23.2. The number of para-hydroxylation sites is 1. The van der Waals surface area contributed by atoms with Gasteiger partial charge < -0.3 is 80.2 Å². The quantitative estimate of drug-likeness (QED) is 0.0361. The van der Waals surface area contributed by atoms with Crippen LogP contribution in [0.1, 0.15) is 174 Å². The number of carboxylic acid groups (broad SMARTS) is 1. The van der Waals surface area contributed by atoms with E-state index in [4.69, 9.17) is 17.2 Å². The van der Waals surface area contributed by atoms with Gasteiger partial charge in [-0.15, -0.1) is 0 Å². The number of rotatable bonds is 46. The molecular formula is C64H103N13O12. The topological polar surface area (TPSA) is 413 Å². The molecule has 3 rings (SSSR count). The number of hydrogen-bond donors (Lipinski definition) is 15. The monoisotopic (exact) mass is 1250 g/mol. The van der Waals surface area contributed by atoms with Crippen LogP contribution in [-0.4, -0.2) is 149 Å². The van der Waals surface area contributed by atoms with Gasteiger partial charge >= 0.3 is 5.97 Å². The summed E-state index contributed by atoms with van der Waals surface area (Å²) in [6.45, 7) is 8.28. The molecule has 0 saturated heterocycles. The van der Waals surface area contributed by atoms with Crippen LogP contribution < -0.4 is 65.1 Å². The zero-order chi connectivity index (χ0) is 65.7. The van der Waals surface area contributed by atoms with Crippen molar-refractivity contribution in [3.8, 4) is 5.75 Å². The predicted molar refractivity (Wildman–Crippen MR) is 341 cm³/mol. The molecular weight excluding hydrogens is 1140 g/mol. The van der Waals surface area contributed by atoms with Gasteiger partial charge in [-0.2, -0.15) is 0 Å². The third-order valence-corrected chi connectivity index (χ3v) is 15.7. The first-order valence-corrected chi connectivity index (χ1v) is 32.0. The normalized spacial score (nSPS) is 14.2. The number of carbonyl (C=O) groups is 10. The summed E-state index contributed by atoms with van der Waals surface area (Å²) in [4.78, 5) is 139. The third-order valence-electron chi connectivity index (χ3n) is 15.7. The summed E-state index contributed by atoms with van der Waals surface area (Å²) in [6, 6.07) is 3.45. The number of amides is 9. The molecule has 0 aliphatic heterocycles. The van der Waals surface area contributed by atoms with Crippen molar-refractivity contribution in [3.05, 3.63) is 65.9 Å². The number of aromatic hydroxyl groups is 1. The molecule has 9 amide bonds. The minimum Gasteiger partial charge on any atom is -0.508 e. The SMILES string of the molecule is CCCCCCCCCCCCCC(=O)N[C@@H](Cc1c[nH]c2ccccc12)C(=O)N[C@@H](C)C(=O)NCC(=O)N[C@H](C(=O)N[C@@H](CCCCN)C(=O)N[C@@H](CCCCN)C(=O)N[C@@H](Cc1ccc(O)cc1)C(=O)N[C@@H](CCN)C(=O)N[C@@H](C)C(=O)O)[C@@H](C)CC. The van der Waals surface area contributed by atoms with Crippen molar-refractivity contribution in [1.82, 2.24) is 52.8 Å². The summed E-state index contributed by atoms with van der Waals surface area (Å²) in [5.41, 5.74) is 19.5. The summed E-state index contributed by atoms with van der Waals surface area (Å²) in [5.74, 6) is -8.18. The molecule has 2 aromatic carbocycles. The number of benzene rings is 2. The smallest absolute Gasteiger partial charge is 0.325 e. The van der Waals surface area contributed by atoms with Crippen molar-refractivity contribution in [3.63, 3.8) is 0 Å². The van der Waals surface area contributed by atoms with Crippen LogP contribution in [0.3, 0.4) is 0 Å². The van der Waals surface area contributed by atoms with E-state index in [1.807, 2.05) is 24.3 Å². The summed E-state index contributed by atoms with van der Waals surface area (Å²) < 4.78 is 0. The van der Waals surface area contributed by atoms with Gasteiger partial charge in [0.15, 0.2) is 0 Å². The van der Waals surface area contributed by atoms with E-state index in [1.165, 1.54) is 83.1 Å². The van der Waals surface area contributed by atoms with Gasteiger partial charge in [-0.1, -0.05) is 122 Å². The maximum Gasteiger partial charge on any atom is 0.325 e. The van der Waals surface area contributed by atoms with Crippen LogP contribution in [0.25, 0.3) is 10.9 Å². The van der Waals surface area contributed by atoms with Crippen LogP contribution in [0.2, 0.25) is 0 Å². The molecule has 0 radical (unpaired) electrons. The number of aliphatic carboxylic acids is 1. The molecule has 89 heavy (non-hydrogen) atoms. The van der Waals surface area contributed by atoms with Crippen molar-refractivity contribution < 1.29 is 58.2 Å². The molecule has 0 fully saturated rings. The van der Waals surface area contributed by atoms with E-state index < -0.39 is 114 Å². The second-order valence-electron chi connectivity index (χ2n) is 23.2. The molecule has 3 aromatic rings. The van der Waals surface area contributed by atoms with Crippen molar-refractivity contribution >= 4 is 70.0 Å². The highest BCUT2D eigenvalue weighted by molar-refractivity contribution is 5.98. The number of H-pyrrole nitrogens is 1. The van der Waals surface area contributed by atoms with Crippen LogP contribution >= 0.6 is 0 Å². The molecule has 0 saturated carbocycles. The van der Waals surface area contributed by atoms with Crippen molar-refractivity contribution in [1.29, 1.82) is 0 Å². The first-order chi connectivity index (χ1) is 42.7. The Morgan fingerprint density at radius 1 is 0.483 bits per heavy atom. The average molecular weight is 1250 g/mol. The number of aromatic amines is 1.